The lowest BCUT2D eigenvalue weighted by Gasteiger charge is -2.02. The Kier molecular flexibility index (Phi) is 4.36. The number of carbonyl (C=O) groups is 1. The minimum absolute atomic E-state index is 0.140. The molecule has 2 rings (SSSR count). The quantitative estimate of drug-likeness (QED) is 0.871. The van der Waals surface area contributed by atoms with Crippen molar-refractivity contribution < 1.29 is 4.79 Å². The number of amides is 1. The zero-order valence-corrected chi connectivity index (χ0v) is 11.3. The van der Waals surface area contributed by atoms with E-state index < -0.39 is 0 Å². The highest BCUT2D eigenvalue weighted by Crippen LogP contribution is 2.09. The van der Waals surface area contributed by atoms with Gasteiger partial charge in [-0.15, -0.1) is 0 Å². The number of nitrogens with zero attached hydrogens (tertiary/aromatic N) is 2. The Balaban J connectivity index is 1.84. The van der Waals surface area contributed by atoms with Crippen LogP contribution in [0.25, 0.3) is 6.08 Å². The van der Waals surface area contributed by atoms with E-state index in [1.165, 1.54) is 6.08 Å². The smallest absolute Gasteiger partial charge is 0.244 e. The minimum atomic E-state index is -0.140. The predicted molar refractivity (Wildman–Crippen MR) is 75.5 cm³/mol. The summed E-state index contributed by atoms with van der Waals surface area (Å²) in [6, 6.07) is 7.37. The Bertz CT molecular complexity index is 587. The number of rotatable bonds is 4. The summed E-state index contributed by atoms with van der Waals surface area (Å²) in [5.74, 6) is -0.140. The molecule has 2 aromatic rings. The molecular formula is C14H14ClN3O. The molecule has 0 saturated heterocycles. The molecule has 4 nitrogen and oxygen atoms in total. The second-order valence-electron chi connectivity index (χ2n) is 4.12. The molecule has 1 amide bonds. The van der Waals surface area contributed by atoms with Crippen LogP contribution in [0.4, 0.5) is 0 Å². The average molecular weight is 276 g/mol. The topological polar surface area (TPSA) is 46.9 Å². The van der Waals surface area contributed by atoms with Gasteiger partial charge in [0, 0.05) is 36.5 Å². The summed E-state index contributed by atoms with van der Waals surface area (Å²) in [7, 11) is 1.83. The Morgan fingerprint density at radius 1 is 1.42 bits per heavy atom. The second-order valence-corrected chi connectivity index (χ2v) is 4.56. The van der Waals surface area contributed by atoms with Crippen molar-refractivity contribution in [3.63, 3.8) is 0 Å². The van der Waals surface area contributed by atoms with Gasteiger partial charge in [0.25, 0.3) is 0 Å². The van der Waals surface area contributed by atoms with Crippen molar-refractivity contribution in [3.05, 3.63) is 58.9 Å². The number of benzene rings is 1. The highest BCUT2D eigenvalue weighted by Gasteiger charge is 1.97. The van der Waals surface area contributed by atoms with Crippen LogP contribution in [0.15, 0.2) is 42.7 Å². The standard InChI is InChI=1S/C14H14ClN3O/c1-18-10-12(9-17-18)4-7-14(19)16-8-11-2-5-13(15)6-3-11/h2-7,9-10H,8H2,1H3,(H,16,19)/b7-4+. The Hall–Kier alpha value is -2.07. The number of halogens is 1. The first-order chi connectivity index (χ1) is 9.13. The second kappa shape index (κ2) is 6.20. The third-order valence-electron chi connectivity index (χ3n) is 2.53. The van der Waals surface area contributed by atoms with Crippen LogP contribution in [-0.4, -0.2) is 15.7 Å². The Morgan fingerprint density at radius 3 is 2.79 bits per heavy atom. The van der Waals surface area contributed by atoms with Gasteiger partial charge in [-0.25, -0.2) is 0 Å². The lowest BCUT2D eigenvalue weighted by Crippen LogP contribution is -2.20. The molecule has 0 unspecified atom stereocenters. The van der Waals surface area contributed by atoms with E-state index in [-0.39, 0.29) is 5.91 Å². The van der Waals surface area contributed by atoms with E-state index in [0.29, 0.717) is 11.6 Å². The molecule has 0 aliphatic heterocycles. The molecule has 0 radical (unpaired) electrons. The van der Waals surface area contributed by atoms with E-state index in [1.54, 1.807) is 29.1 Å². The van der Waals surface area contributed by atoms with Gasteiger partial charge in [-0.2, -0.15) is 5.10 Å². The Morgan fingerprint density at radius 2 is 2.16 bits per heavy atom. The molecule has 5 heteroatoms. The molecule has 1 N–H and O–H groups in total. The lowest BCUT2D eigenvalue weighted by molar-refractivity contribution is -0.116. The summed E-state index contributed by atoms with van der Waals surface area (Å²) >= 11 is 5.79. The van der Waals surface area contributed by atoms with Crippen molar-refractivity contribution in [1.29, 1.82) is 0 Å². The van der Waals surface area contributed by atoms with E-state index >= 15 is 0 Å². The maximum Gasteiger partial charge on any atom is 0.244 e. The van der Waals surface area contributed by atoms with Crippen molar-refractivity contribution in [2.45, 2.75) is 6.54 Å². The number of aryl methyl sites for hydroxylation is 1. The SMILES string of the molecule is Cn1cc(/C=C/C(=O)NCc2ccc(Cl)cc2)cn1. The molecule has 0 atom stereocenters. The third kappa shape index (κ3) is 4.26. The monoisotopic (exact) mass is 275 g/mol. The summed E-state index contributed by atoms with van der Waals surface area (Å²) < 4.78 is 1.69. The van der Waals surface area contributed by atoms with E-state index in [1.807, 2.05) is 25.4 Å². The molecule has 0 bridgehead atoms. The number of hydrogen-bond donors (Lipinski definition) is 1. The first-order valence-electron chi connectivity index (χ1n) is 5.82. The zero-order chi connectivity index (χ0) is 13.7. The summed E-state index contributed by atoms with van der Waals surface area (Å²) in [4.78, 5) is 11.6. The summed E-state index contributed by atoms with van der Waals surface area (Å²) in [5, 5.41) is 7.50. The highest BCUT2D eigenvalue weighted by molar-refractivity contribution is 6.30. The van der Waals surface area contributed by atoms with Crippen LogP contribution in [-0.2, 0) is 18.4 Å². The summed E-state index contributed by atoms with van der Waals surface area (Å²) in [6.07, 6.45) is 6.75. The fraction of sp³-hybridized carbons (Fsp3) is 0.143. The molecule has 0 fully saturated rings. The van der Waals surface area contributed by atoms with Gasteiger partial charge in [0.1, 0.15) is 0 Å². The van der Waals surface area contributed by atoms with E-state index in [9.17, 15) is 4.79 Å². The fourth-order valence-corrected chi connectivity index (χ4v) is 1.67. The molecule has 98 valence electrons. The van der Waals surface area contributed by atoms with Gasteiger partial charge in [0.2, 0.25) is 5.91 Å². The lowest BCUT2D eigenvalue weighted by atomic mass is 10.2. The van der Waals surface area contributed by atoms with Crippen molar-refractivity contribution in [2.75, 3.05) is 0 Å². The first kappa shape index (κ1) is 13.4. The number of nitrogens with one attached hydrogen (secondary N) is 1. The summed E-state index contributed by atoms with van der Waals surface area (Å²) in [5.41, 5.74) is 1.90. The van der Waals surface area contributed by atoms with Crippen LogP contribution in [0, 0.1) is 0 Å². The number of hydrogen-bond acceptors (Lipinski definition) is 2. The van der Waals surface area contributed by atoms with E-state index in [0.717, 1.165) is 11.1 Å². The van der Waals surface area contributed by atoms with Gasteiger partial charge in [0.05, 0.1) is 6.20 Å². The van der Waals surface area contributed by atoms with E-state index in [2.05, 4.69) is 10.4 Å². The van der Waals surface area contributed by atoms with Crippen molar-refractivity contribution in [1.82, 2.24) is 15.1 Å². The van der Waals surface area contributed by atoms with Crippen LogP contribution < -0.4 is 5.32 Å². The highest BCUT2D eigenvalue weighted by atomic mass is 35.5. The van der Waals surface area contributed by atoms with E-state index in [4.69, 9.17) is 11.6 Å². The molecule has 1 heterocycles. The average Bonchev–Trinajstić information content (AvgIpc) is 2.81. The predicted octanol–water partition coefficient (Wildman–Crippen LogP) is 2.40. The van der Waals surface area contributed by atoms with Gasteiger partial charge in [0.15, 0.2) is 0 Å². The van der Waals surface area contributed by atoms with Crippen molar-refractivity contribution >= 4 is 23.6 Å². The number of aromatic nitrogens is 2. The first-order valence-corrected chi connectivity index (χ1v) is 6.20. The maximum atomic E-state index is 11.6. The molecule has 1 aromatic carbocycles. The largest absolute Gasteiger partial charge is 0.348 e. The zero-order valence-electron chi connectivity index (χ0n) is 10.5. The van der Waals surface area contributed by atoms with Crippen LogP contribution in [0.3, 0.4) is 0 Å². The normalized spacial score (nSPS) is 10.8. The van der Waals surface area contributed by atoms with Crippen LogP contribution >= 0.6 is 11.6 Å². The van der Waals surface area contributed by atoms with Gasteiger partial charge in [-0.05, 0) is 23.8 Å². The molecule has 0 aliphatic rings. The molecule has 1 aromatic heterocycles. The maximum absolute atomic E-state index is 11.6. The number of carbonyl (C=O) groups excluding carboxylic acids is 1. The molecule has 0 saturated carbocycles. The molecular weight excluding hydrogens is 262 g/mol. The molecule has 19 heavy (non-hydrogen) atoms. The van der Waals surface area contributed by atoms with Crippen LogP contribution in [0.1, 0.15) is 11.1 Å². The van der Waals surface area contributed by atoms with Crippen molar-refractivity contribution in [2.24, 2.45) is 7.05 Å². The minimum Gasteiger partial charge on any atom is -0.348 e. The molecule has 0 aliphatic carbocycles. The fourth-order valence-electron chi connectivity index (χ4n) is 1.55. The molecule has 0 spiro atoms. The van der Waals surface area contributed by atoms with Gasteiger partial charge < -0.3 is 5.32 Å². The van der Waals surface area contributed by atoms with Gasteiger partial charge in [-0.3, -0.25) is 9.48 Å². The van der Waals surface area contributed by atoms with Gasteiger partial charge in [-0.1, -0.05) is 23.7 Å². The third-order valence-corrected chi connectivity index (χ3v) is 2.78. The van der Waals surface area contributed by atoms with Crippen LogP contribution in [0.2, 0.25) is 5.02 Å². The van der Waals surface area contributed by atoms with Gasteiger partial charge >= 0.3 is 0 Å². The summed E-state index contributed by atoms with van der Waals surface area (Å²) in [6.45, 7) is 0.480. The Labute approximate surface area is 116 Å². The van der Waals surface area contributed by atoms with Crippen molar-refractivity contribution in [3.8, 4) is 0 Å². The van der Waals surface area contributed by atoms with Crippen LogP contribution in [0.5, 0.6) is 0 Å².